The Kier molecular flexibility index (Phi) is 4.81. The summed E-state index contributed by atoms with van der Waals surface area (Å²) in [6.07, 6.45) is 0. The molecule has 108 valence electrons. The molecule has 0 bridgehead atoms. The lowest BCUT2D eigenvalue weighted by Crippen LogP contribution is -2.13. The first-order chi connectivity index (χ1) is 9.45. The third-order valence-corrected chi connectivity index (χ3v) is 4.33. The van der Waals surface area contributed by atoms with Gasteiger partial charge in [0.15, 0.2) is 5.13 Å². The first kappa shape index (κ1) is 15.0. The molecule has 1 aromatic carbocycles. The minimum absolute atomic E-state index is 0.0559. The van der Waals surface area contributed by atoms with Crippen molar-refractivity contribution in [3.63, 3.8) is 0 Å². The molecule has 6 nitrogen and oxygen atoms in total. The molecule has 0 saturated carbocycles. The van der Waals surface area contributed by atoms with E-state index in [0.29, 0.717) is 24.1 Å². The van der Waals surface area contributed by atoms with E-state index < -0.39 is 10.0 Å². The first-order valence-electron chi connectivity index (χ1n) is 5.56. The molecule has 0 atom stereocenters. The Morgan fingerprint density at radius 2 is 2.05 bits per heavy atom. The van der Waals surface area contributed by atoms with Crippen LogP contribution >= 0.6 is 22.9 Å². The van der Waals surface area contributed by atoms with Gasteiger partial charge in [-0.2, -0.15) is 0 Å². The first-order valence-corrected chi connectivity index (χ1v) is 8.36. The maximum Gasteiger partial charge on any atom is 0.238 e. The highest BCUT2D eigenvalue weighted by molar-refractivity contribution is 7.89. The number of primary sulfonamides is 1. The average Bonchev–Trinajstić information content (AvgIpc) is 2.80. The van der Waals surface area contributed by atoms with Gasteiger partial charge >= 0.3 is 0 Å². The van der Waals surface area contributed by atoms with Crippen LogP contribution in [0.2, 0.25) is 5.15 Å². The predicted octanol–water partition coefficient (Wildman–Crippen LogP) is 1.93. The van der Waals surface area contributed by atoms with Gasteiger partial charge in [-0.3, -0.25) is 0 Å². The zero-order valence-corrected chi connectivity index (χ0v) is 12.6. The van der Waals surface area contributed by atoms with E-state index in [0.717, 1.165) is 5.13 Å². The van der Waals surface area contributed by atoms with Gasteiger partial charge in [0.05, 0.1) is 11.4 Å². The van der Waals surface area contributed by atoms with E-state index in [1.165, 1.54) is 23.5 Å². The number of benzene rings is 1. The van der Waals surface area contributed by atoms with Gasteiger partial charge in [0, 0.05) is 5.38 Å². The number of nitrogens with zero attached hydrogens (tertiary/aromatic N) is 1. The second-order valence-corrected chi connectivity index (χ2v) is 6.57. The summed E-state index contributed by atoms with van der Waals surface area (Å²) >= 11 is 7.10. The van der Waals surface area contributed by atoms with Gasteiger partial charge in [-0.1, -0.05) is 11.6 Å². The van der Waals surface area contributed by atoms with Gasteiger partial charge in [-0.25, -0.2) is 18.5 Å². The molecule has 0 radical (unpaired) electrons. The Bertz CT molecular complexity index is 670. The monoisotopic (exact) mass is 333 g/mol. The van der Waals surface area contributed by atoms with Crippen LogP contribution in [-0.2, 0) is 10.0 Å². The molecule has 1 aromatic heterocycles. The highest BCUT2D eigenvalue weighted by Crippen LogP contribution is 2.18. The highest BCUT2D eigenvalue weighted by Gasteiger charge is 2.06. The minimum Gasteiger partial charge on any atom is -0.492 e. The molecule has 3 N–H and O–H groups in total. The minimum atomic E-state index is -3.67. The summed E-state index contributed by atoms with van der Waals surface area (Å²) in [7, 11) is -3.67. The Hall–Kier alpha value is -1.35. The van der Waals surface area contributed by atoms with Crippen molar-refractivity contribution in [3.05, 3.63) is 34.8 Å². The predicted molar refractivity (Wildman–Crippen MR) is 78.9 cm³/mol. The number of rotatable bonds is 6. The number of nitrogens with two attached hydrogens (primary N) is 1. The number of aromatic nitrogens is 1. The lowest BCUT2D eigenvalue weighted by atomic mass is 10.3. The van der Waals surface area contributed by atoms with E-state index in [-0.39, 0.29) is 4.90 Å². The number of hydrogen-bond donors (Lipinski definition) is 2. The Labute approximate surface area is 125 Å². The molecule has 1 heterocycles. The number of nitrogens with one attached hydrogen (secondary N) is 1. The number of anilines is 1. The molecule has 2 rings (SSSR count). The smallest absolute Gasteiger partial charge is 0.238 e. The Morgan fingerprint density at radius 1 is 1.35 bits per heavy atom. The third kappa shape index (κ3) is 4.34. The third-order valence-electron chi connectivity index (χ3n) is 2.28. The number of thiazole rings is 1. The van der Waals surface area contributed by atoms with Crippen molar-refractivity contribution >= 4 is 38.1 Å². The van der Waals surface area contributed by atoms with E-state index in [2.05, 4.69) is 10.3 Å². The molecule has 0 aliphatic heterocycles. The van der Waals surface area contributed by atoms with Crippen LogP contribution in [0.1, 0.15) is 0 Å². The van der Waals surface area contributed by atoms with Gasteiger partial charge in [0.1, 0.15) is 17.5 Å². The van der Waals surface area contributed by atoms with Crippen LogP contribution < -0.4 is 15.2 Å². The number of hydrogen-bond acceptors (Lipinski definition) is 6. The fourth-order valence-electron chi connectivity index (χ4n) is 1.39. The van der Waals surface area contributed by atoms with Crippen LogP contribution in [0.5, 0.6) is 5.75 Å². The van der Waals surface area contributed by atoms with Crippen molar-refractivity contribution in [1.82, 2.24) is 4.98 Å². The molecule has 0 unspecified atom stereocenters. The topological polar surface area (TPSA) is 94.3 Å². The van der Waals surface area contributed by atoms with Crippen LogP contribution in [-0.4, -0.2) is 26.6 Å². The van der Waals surface area contributed by atoms with Gasteiger partial charge in [0.2, 0.25) is 10.0 Å². The van der Waals surface area contributed by atoms with Crippen molar-refractivity contribution in [2.24, 2.45) is 5.14 Å². The Morgan fingerprint density at radius 3 is 2.60 bits per heavy atom. The van der Waals surface area contributed by atoms with Gasteiger partial charge in [-0.15, -0.1) is 11.3 Å². The fourth-order valence-corrected chi connectivity index (χ4v) is 2.77. The average molecular weight is 334 g/mol. The molecule has 20 heavy (non-hydrogen) atoms. The molecular weight excluding hydrogens is 322 g/mol. The lowest BCUT2D eigenvalue weighted by Gasteiger charge is -2.07. The molecule has 2 aromatic rings. The molecule has 0 aliphatic rings. The zero-order chi connectivity index (χ0) is 14.6. The summed E-state index contributed by atoms with van der Waals surface area (Å²) in [5, 5.41) is 11.0. The second-order valence-electron chi connectivity index (χ2n) is 3.77. The van der Waals surface area contributed by atoms with Gasteiger partial charge in [-0.05, 0) is 24.3 Å². The summed E-state index contributed by atoms with van der Waals surface area (Å²) in [5.74, 6) is 0.566. The van der Waals surface area contributed by atoms with Crippen molar-refractivity contribution in [1.29, 1.82) is 0 Å². The van der Waals surface area contributed by atoms with Crippen LogP contribution in [0.3, 0.4) is 0 Å². The molecule has 0 fully saturated rings. The molecule has 9 heteroatoms. The van der Waals surface area contributed by atoms with Crippen molar-refractivity contribution in [2.75, 3.05) is 18.5 Å². The van der Waals surface area contributed by atoms with Crippen molar-refractivity contribution < 1.29 is 13.2 Å². The summed E-state index contributed by atoms with van der Waals surface area (Å²) in [5.41, 5.74) is 0. The SMILES string of the molecule is NS(=O)(=O)c1ccc(OCCNc2nc(Cl)cs2)cc1. The van der Waals surface area contributed by atoms with E-state index in [1.54, 1.807) is 17.5 Å². The van der Waals surface area contributed by atoms with Crippen LogP contribution in [0.15, 0.2) is 34.5 Å². The van der Waals surface area contributed by atoms with E-state index >= 15 is 0 Å². The van der Waals surface area contributed by atoms with Gasteiger partial charge in [0.25, 0.3) is 0 Å². The van der Waals surface area contributed by atoms with E-state index in [4.69, 9.17) is 21.5 Å². The molecule has 0 saturated heterocycles. The zero-order valence-electron chi connectivity index (χ0n) is 10.2. The van der Waals surface area contributed by atoms with Crippen molar-refractivity contribution in [3.8, 4) is 5.75 Å². The largest absolute Gasteiger partial charge is 0.492 e. The number of sulfonamides is 1. The van der Waals surface area contributed by atoms with Crippen LogP contribution in [0, 0.1) is 0 Å². The normalized spacial score (nSPS) is 11.3. The van der Waals surface area contributed by atoms with E-state index in [9.17, 15) is 8.42 Å². The maximum absolute atomic E-state index is 11.1. The lowest BCUT2D eigenvalue weighted by molar-refractivity contribution is 0.332. The number of halogens is 1. The fraction of sp³-hybridized carbons (Fsp3) is 0.182. The Balaban J connectivity index is 1.80. The summed E-state index contributed by atoms with van der Waals surface area (Å²) in [6, 6.07) is 5.91. The summed E-state index contributed by atoms with van der Waals surface area (Å²) in [6.45, 7) is 0.965. The highest BCUT2D eigenvalue weighted by atomic mass is 35.5. The number of ether oxygens (including phenoxy) is 1. The second kappa shape index (κ2) is 6.40. The summed E-state index contributed by atoms with van der Waals surface area (Å²) in [4.78, 5) is 4.09. The molecule has 0 amide bonds. The van der Waals surface area contributed by atoms with Gasteiger partial charge < -0.3 is 10.1 Å². The summed E-state index contributed by atoms with van der Waals surface area (Å²) < 4.78 is 27.6. The quantitative estimate of drug-likeness (QED) is 0.788. The van der Waals surface area contributed by atoms with Crippen LogP contribution in [0.4, 0.5) is 5.13 Å². The van der Waals surface area contributed by atoms with Crippen molar-refractivity contribution in [2.45, 2.75) is 4.90 Å². The molecular formula is C11H12ClN3O3S2. The van der Waals surface area contributed by atoms with Crippen LogP contribution in [0.25, 0.3) is 0 Å². The van der Waals surface area contributed by atoms with E-state index in [1.807, 2.05) is 0 Å². The standard InChI is InChI=1S/C11H12ClN3O3S2/c12-10-7-19-11(15-10)14-5-6-18-8-1-3-9(4-2-8)20(13,16)17/h1-4,7H,5-6H2,(H,14,15)(H2,13,16,17). The maximum atomic E-state index is 11.1. The molecule has 0 spiro atoms. The molecule has 0 aliphatic carbocycles.